The Hall–Kier alpha value is -3.98. The minimum atomic E-state index is -1.16. The van der Waals surface area contributed by atoms with Crippen LogP contribution in [0.2, 0.25) is 0 Å². The highest BCUT2D eigenvalue weighted by atomic mass is 19.1. The van der Waals surface area contributed by atoms with Crippen LogP contribution in [0.25, 0.3) is 11.1 Å². The number of rotatable bonds is 7. The van der Waals surface area contributed by atoms with Crippen LogP contribution >= 0.6 is 0 Å². The highest BCUT2D eigenvalue weighted by Crippen LogP contribution is 2.43. The van der Waals surface area contributed by atoms with Gasteiger partial charge >= 0.3 is 0 Å². The van der Waals surface area contributed by atoms with Crippen molar-refractivity contribution in [2.24, 2.45) is 12.5 Å². The highest BCUT2D eigenvalue weighted by molar-refractivity contribution is 6.05. The van der Waals surface area contributed by atoms with Crippen LogP contribution in [0.4, 0.5) is 4.39 Å². The number of aliphatic hydroxyl groups is 1. The van der Waals surface area contributed by atoms with Crippen molar-refractivity contribution in [3.8, 4) is 28.4 Å². The van der Waals surface area contributed by atoms with Crippen LogP contribution in [0.1, 0.15) is 76.5 Å². The van der Waals surface area contributed by atoms with E-state index in [0.29, 0.717) is 70.7 Å². The van der Waals surface area contributed by atoms with Crippen molar-refractivity contribution >= 4 is 11.8 Å². The number of nitrogens with zero attached hydrogens (tertiary/aromatic N) is 2. The molecule has 1 aromatic heterocycles. The lowest BCUT2D eigenvalue weighted by Crippen LogP contribution is -2.44. The van der Waals surface area contributed by atoms with Crippen molar-refractivity contribution in [2.75, 3.05) is 0 Å². The Balaban J connectivity index is 1.49. The van der Waals surface area contributed by atoms with Gasteiger partial charge in [-0.2, -0.15) is 0 Å². The number of ether oxygens (including phenoxy) is 2. The summed E-state index contributed by atoms with van der Waals surface area (Å²) in [6, 6.07) is 9.47. The SMILES string of the molecule is Cc1cc(F)cc(C)c1Oc1ccc(C(C)(C)O)cc1-c1cn(C)c(=O)cc1O[C@H]1CC[C@H](N2C(=O)CC(C)(C)C2=O)CC1. The number of likely N-dealkylation sites (tertiary alicyclic amines) is 1. The second-order valence-corrected chi connectivity index (χ2v) is 13.4. The molecule has 3 aromatic rings. The van der Waals surface area contributed by atoms with Gasteiger partial charge in [0.1, 0.15) is 23.1 Å². The molecule has 2 heterocycles. The maximum Gasteiger partial charge on any atom is 0.254 e. The fourth-order valence-electron chi connectivity index (χ4n) is 6.24. The van der Waals surface area contributed by atoms with Crippen molar-refractivity contribution in [3.05, 3.63) is 75.5 Å². The lowest BCUT2D eigenvalue weighted by Gasteiger charge is -2.34. The Morgan fingerprint density at radius 3 is 2.14 bits per heavy atom. The molecule has 2 aromatic carbocycles. The molecule has 1 saturated heterocycles. The minimum Gasteiger partial charge on any atom is -0.490 e. The average Bonchev–Trinajstić information content (AvgIpc) is 3.13. The van der Waals surface area contributed by atoms with E-state index in [2.05, 4.69) is 0 Å². The van der Waals surface area contributed by atoms with Crippen molar-refractivity contribution in [2.45, 2.75) is 91.4 Å². The molecule has 44 heavy (non-hydrogen) atoms. The number of pyridine rings is 1. The Bertz CT molecular complexity index is 1650. The maximum absolute atomic E-state index is 14.0. The van der Waals surface area contributed by atoms with Crippen LogP contribution in [0.15, 0.2) is 47.4 Å². The quantitative estimate of drug-likeness (QED) is 0.318. The second kappa shape index (κ2) is 11.5. The van der Waals surface area contributed by atoms with Gasteiger partial charge < -0.3 is 19.1 Å². The summed E-state index contributed by atoms with van der Waals surface area (Å²) in [5.74, 6) is 0.752. The number of amides is 2. The Morgan fingerprint density at radius 1 is 0.932 bits per heavy atom. The first-order chi connectivity index (χ1) is 20.5. The first-order valence-electron chi connectivity index (χ1n) is 15.1. The predicted octanol–water partition coefficient (Wildman–Crippen LogP) is 6.30. The van der Waals surface area contributed by atoms with E-state index in [1.807, 2.05) is 19.9 Å². The van der Waals surface area contributed by atoms with Crippen LogP contribution in [0, 0.1) is 25.1 Å². The van der Waals surface area contributed by atoms with E-state index in [-0.39, 0.29) is 41.8 Å². The van der Waals surface area contributed by atoms with Gasteiger partial charge in [0.15, 0.2) is 0 Å². The summed E-state index contributed by atoms with van der Waals surface area (Å²) >= 11 is 0. The van der Waals surface area contributed by atoms with Gasteiger partial charge in [0.25, 0.3) is 5.56 Å². The first kappa shape index (κ1) is 31.4. The van der Waals surface area contributed by atoms with Crippen LogP contribution in [0.5, 0.6) is 17.2 Å². The second-order valence-electron chi connectivity index (χ2n) is 13.4. The summed E-state index contributed by atoms with van der Waals surface area (Å²) in [5.41, 5.74) is 1.01. The highest BCUT2D eigenvalue weighted by Gasteiger charge is 2.48. The molecule has 2 fully saturated rings. The van der Waals surface area contributed by atoms with Crippen LogP contribution in [-0.2, 0) is 22.2 Å². The fourth-order valence-corrected chi connectivity index (χ4v) is 6.24. The van der Waals surface area contributed by atoms with Gasteiger partial charge in [0.05, 0.1) is 17.1 Å². The van der Waals surface area contributed by atoms with Crippen molar-refractivity contribution < 1.29 is 28.6 Å². The van der Waals surface area contributed by atoms with Gasteiger partial charge in [-0.15, -0.1) is 0 Å². The monoisotopic (exact) mass is 604 g/mol. The molecule has 8 nitrogen and oxygen atoms in total. The molecule has 9 heteroatoms. The lowest BCUT2D eigenvalue weighted by molar-refractivity contribution is -0.144. The fraction of sp³-hybridized carbons (Fsp3) is 0.457. The zero-order chi connectivity index (χ0) is 32.1. The van der Waals surface area contributed by atoms with Gasteiger partial charge in [0, 0.05) is 42.9 Å². The number of carbonyl (C=O) groups excluding carboxylic acids is 2. The molecule has 1 aliphatic heterocycles. The lowest BCUT2D eigenvalue weighted by atomic mass is 9.90. The molecule has 0 bridgehead atoms. The van der Waals surface area contributed by atoms with E-state index in [4.69, 9.17) is 9.47 Å². The molecule has 234 valence electrons. The molecule has 0 radical (unpaired) electrons. The van der Waals surface area contributed by atoms with E-state index in [9.17, 15) is 23.9 Å². The zero-order valence-electron chi connectivity index (χ0n) is 26.5. The van der Waals surface area contributed by atoms with Crippen LogP contribution in [0.3, 0.4) is 0 Å². The van der Waals surface area contributed by atoms with Crippen molar-refractivity contribution in [1.29, 1.82) is 0 Å². The molecular formula is C35H41FN2O6. The normalized spacial score (nSPS) is 20.2. The molecule has 1 aliphatic carbocycles. The summed E-state index contributed by atoms with van der Waals surface area (Å²) in [6.07, 6.45) is 4.13. The number of aromatic nitrogens is 1. The van der Waals surface area contributed by atoms with E-state index in [0.717, 1.165) is 0 Å². The summed E-state index contributed by atoms with van der Waals surface area (Å²) < 4.78 is 28.4. The predicted molar refractivity (Wildman–Crippen MR) is 165 cm³/mol. The third kappa shape index (κ3) is 6.15. The molecule has 2 amide bonds. The summed E-state index contributed by atoms with van der Waals surface area (Å²) in [6.45, 7) is 10.5. The summed E-state index contributed by atoms with van der Waals surface area (Å²) in [7, 11) is 1.65. The van der Waals surface area contributed by atoms with Crippen molar-refractivity contribution in [1.82, 2.24) is 9.47 Å². The Labute approximate surface area is 257 Å². The van der Waals surface area contributed by atoms with Crippen LogP contribution in [-0.4, -0.2) is 38.5 Å². The largest absolute Gasteiger partial charge is 0.490 e. The van der Waals surface area contributed by atoms with Gasteiger partial charge in [-0.25, -0.2) is 4.39 Å². The van der Waals surface area contributed by atoms with Crippen molar-refractivity contribution in [3.63, 3.8) is 0 Å². The number of hydrogen-bond donors (Lipinski definition) is 1. The first-order valence-corrected chi connectivity index (χ1v) is 15.1. The number of imide groups is 1. The smallest absolute Gasteiger partial charge is 0.254 e. The Morgan fingerprint density at radius 2 is 1.57 bits per heavy atom. The Kier molecular flexibility index (Phi) is 8.22. The molecule has 1 N–H and O–H groups in total. The summed E-state index contributed by atoms with van der Waals surface area (Å²) in [5, 5.41) is 10.9. The number of hydrogen-bond acceptors (Lipinski definition) is 6. The third-order valence-electron chi connectivity index (χ3n) is 8.77. The third-order valence-corrected chi connectivity index (χ3v) is 8.77. The number of halogens is 1. The van der Waals surface area contributed by atoms with Gasteiger partial charge in [-0.3, -0.25) is 19.3 Å². The van der Waals surface area contributed by atoms with Crippen LogP contribution < -0.4 is 15.0 Å². The average molecular weight is 605 g/mol. The molecular weight excluding hydrogens is 563 g/mol. The minimum absolute atomic E-state index is 0.119. The van der Waals surface area contributed by atoms with E-state index in [1.54, 1.807) is 53.1 Å². The maximum atomic E-state index is 14.0. The number of benzene rings is 2. The van der Waals surface area contributed by atoms with E-state index >= 15 is 0 Å². The molecule has 2 aliphatic rings. The molecule has 0 atom stereocenters. The molecule has 0 unspecified atom stereocenters. The number of aryl methyl sites for hydroxylation is 3. The molecule has 0 spiro atoms. The molecule has 5 rings (SSSR count). The zero-order valence-corrected chi connectivity index (χ0v) is 26.5. The van der Waals surface area contributed by atoms with Gasteiger partial charge in [-0.05, 0) is 94.3 Å². The topological polar surface area (TPSA) is 98.1 Å². The molecule has 1 saturated carbocycles. The van der Waals surface area contributed by atoms with Gasteiger partial charge in [0.2, 0.25) is 11.8 Å². The summed E-state index contributed by atoms with van der Waals surface area (Å²) in [4.78, 5) is 39.8. The van der Waals surface area contributed by atoms with E-state index in [1.165, 1.54) is 27.7 Å². The standard InChI is InChI=1S/C35H41FN2O6/c1-20-14-23(36)15-21(2)32(20)44-28-13-8-22(35(5,6)42)16-26(28)27-19-37(7)30(39)17-29(27)43-25-11-9-24(10-12-25)38-31(40)18-34(3,4)33(38)41/h8,13-17,19,24-25,42H,9-12,18H2,1-7H3/t24-,25-. The van der Waals surface area contributed by atoms with Gasteiger partial charge in [-0.1, -0.05) is 19.9 Å². The van der Waals surface area contributed by atoms with E-state index < -0.39 is 11.0 Å². The number of carbonyl (C=O) groups is 2.